The summed E-state index contributed by atoms with van der Waals surface area (Å²) in [6.45, 7) is 3.62. The van der Waals surface area contributed by atoms with Gasteiger partial charge in [-0.3, -0.25) is 0 Å². The number of alkyl halides is 1. The van der Waals surface area contributed by atoms with E-state index in [1.54, 1.807) is 4.90 Å². The molecule has 1 fully saturated rings. The first-order valence-corrected chi connectivity index (χ1v) is 3.69. The fourth-order valence-corrected chi connectivity index (χ4v) is 1.06. The van der Waals surface area contributed by atoms with Gasteiger partial charge >= 0.3 is 6.09 Å². The molecule has 1 atom stereocenters. The molecule has 0 aliphatic carbocycles. The summed E-state index contributed by atoms with van der Waals surface area (Å²) >= 11 is 5.67. The first-order chi connectivity index (χ1) is 4.70. The molecule has 0 radical (unpaired) electrons. The minimum atomic E-state index is -0.243. The number of ether oxygens (including phenoxy) is 1. The third-order valence-electron chi connectivity index (χ3n) is 1.32. The van der Waals surface area contributed by atoms with Crippen molar-refractivity contribution in [3.05, 3.63) is 0 Å². The molecule has 1 aliphatic heterocycles. The zero-order valence-corrected chi connectivity index (χ0v) is 6.60. The Bertz CT molecular complexity index is 138. The number of cyclic esters (lactones) is 1. The third kappa shape index (κ3) is 1.77. The van der Waals surface area contributed by atoms with Crippen molar-refractivity contribution in [3.63, 3.8) is 0 Å². The first kappa shape index (κ1) is 7.66. The van der Waals surface area contributed by atoms with Crippen LogP contribution in [0.4, 0.5) is 4.79 Å². The fourth-order valence-electron chi connectivity index (χ4n) is 0.895. The Balaban J connectivity index is 2.33. The Kier molecular flexibility index (Phi) is 2.38. The van der Waals surface area contributed by atoms with Crippen molar-refractivity contribution in [1.82, 2.24) is 4.90 Å². The normalized spacial score (nSPS) is 21.0. The van der Waals surface area contributed by atoms with Crippen molar-refractivity contribution in [3.8, 4) is 0 Å². The Morgan fingerprint density at radius 1 is 1.90 bits per heavy atom. The van der Waals surface area contributed by atoms with Gasteiger partial charge in [0, 0.05) is 11.9 Å². The van der Waals surface area contributed by atoms with Crippen molar-refractivity contribution in [2.24, 2.45) is 0 Å². The lowest BCUT2D eigenvalue weighted by Gasteiger charge is -2.12. The van der Waals surface area contributed by atoms with Crippen molar-refractivity contribution in [2.75, 3.05) is 19.7 Å². The van der Waals surface area contributed by atoms with Crippen molar-refractivity contribution in [1.29, 1.82) is 0 Å². The Labute approximate surface area is 64.9 Å². The molecule has 0 aromatic carbocycles. The number of nitrogens with zero attached hydrogens (tertiary/aromatic N) is 1. The molecule has 0 saturated carbocycles. The van der Waals surface area contributed by atoms with E-state index in [-0.39, 0.29) is 11.5 Å². The number of amides is 1. The van der Waals surface area contributed by atoms with Crippen molar-refractivity contribution in [2.45, 2.75) is 12.3 Å². The number of rotatable bonds is 2. The molecule has 1 aliphatic rings. The fraction of sp³-hybridized carbons (Fsp3) is 0.833. The standard InChI is InChI=1S/C6H10ClNO2/c1-5(7)4-8-2-3-10-6(8)9/h5H,2-4H2,1H3/t5-/m0/s1. The first-order valence-electron chi connectivity index (χ1n) is 3.26. The number of carbonyl (C=O) groups excluding carboxylic acids is 1. The molecule has 0 aromatic rings. The highest BCUT2D eigenvalue weighted by molar-refractivity contribution is 6.20. The molecule has 3 nitrogen and oxygen atoms in total. The lowest BCUT2D eigenvalue weighted by molar-refractivity contribution is 0.158. The van der Waals surface area contributed by atoms with E-state index in [1.165, 1.54) is 0 Å². The minimum Gasteiger partial charge on any atom is -0.448 e. The summed E-state index contributed by atoms with van der Waals surface area (Å²) in [5.74, 6) is 0. The molecule has 0 aromatic heterocycles. The molecule has 58 valence electrons. The van der Waals surface area contributed by atoms with Crippen LogP contribution in [0.15, 0.2) is 0 Å². The summed E-state index contributed by atoms with van der Waals surface area (Å²) in [7, 11) is 0. The van der Waals surface area contributed by atoms with Gasteiger partial charge in [-0.2, -0.15) is 0 Å². The monoisotopic (exact) mass is 163 g/mol. The second-order valence-electron chi connectivity index (χ2n) is 2.34. The summed E-state index contributed by atoms with van der Waals surface area (Å²) < 4.78 is 4.69. The van der Waals surface area contributed by atoms with Gasteiger partial charge in [0.25, 0.3) is 0 Å². The third-order valence-corrected chi connectivity index (χ3v) is 1.45. The molecule has 0 N–H and O–H groups in total. The zero-order chi connectivity index (χ0) is 7.56. The van der Waals surface area contributed by atoms with Gasteiger partial charge in [-0.1, -0.05) is 0 Å². The topological polar surface area (TPSA) is 29.5 Å². The molecule has 1 heterocycles. The highest BCUT2D eigenvalue weighted by Crippen LogP contribution is 2.06. The maximum Gasteiger partial charge on any atom is 0.409 e. The second-order valence-corrected chi connectivity index (χ2v) is 3.09. The predicted octanol–water partition coefficient (Wildman–Crippen LogP) is 1.07. The zero-order valence-electron chi connectivity index (χ0n) is 5.84. The van der Waals surface area contributed by atoms with Gasteiger partial charge in [-0.15, -0.1) is 11.6 Å². The highest BCUT2D eigenvalue weighted by atomic mass is 35.5. The minimum absolute atomic E-state index is 0.00523. The Morgan fingerprint density at radius 2 is 2.60 bits per heavy atom. The number of hydrogen-bond donors (Lipinski definition) is 0. The van der Waals surface area contributed by atoms with E-state index in [2.05, 4.69) is 0 Å². The van der Waals surface area contributed by atoms with Crippen LogP contribution < -0.4 is 0 Å². The quantitative estimate of drug-likeness (QED) is 0.570. The van der Waals surface area contributed by atoms with Crippen LogP contribution in [0.25, 0.3) is 0 Å². The van der Waals surface area contributed by atoms with Crippen LogP contribution in [-0.2, 0) is 4.74 Å². The maximum atomic E-state index is 10.8. The summed E-state index contributed by atoms with van der Waals surface area (Å²) in [6, 6.07) is 0. The smallest absolute Gasteiger partial charge is 0.409 e. The van der Waals surface area contributed by atoms with E-state index in [0.717, 1.165) is 0 Å². The molecule has 10 heavy (non-hydrogen) atoms. The molecular weight excluding hydrogens is 154 g/mol. The molecule has 0 spiro atoms. The van der Waals surface area contributed by atoms with Crippen LogP contribution in [0.1, 0.15) is 6.92 Å². The summed E-state index contributed by atoms with van der Waals surface area (Å²) in [5.41, 5.74) is 0. The molecule has 0 unspecified atom stereocenters. The van der Waals surface area contributed by atoms with Gasteiger partial charge in [0.05, 0.1) is 6.54 Å². The molecule has 1 saturated heterocycles. The molecule has 1 amide bonds. The predicted molar refractivity (Wildman–Crippen MR) is 38.2 cm³/mol. The maximum absolute atomic E-state index is 10.8. The van der Waals surface area contributed by atoms with Crippen LogP contribution >= 0.6 is 11.6 Å². The van der Waals surface area contributed by atoms with Gasteiger partial charge in [0.1, 0.15) is 6.61 Å². The van der Waals surface area contributed by atoms with E-state index in [1.807, 2.05) is 6.92 Å². The summed E-state index contributed by atoms with van der Waals surface area (Å²) in [6.07, 6.45) is -0.243. The van der Waals surface area contributed by atoms with Crippen LogP contribution in [0.5, 0.6) is 0 Å². The molecule has 1 rings (SSSR count). The number of hydrogen-bond acceptors (Lipinski definition) is 2. The molecular formula is C6H10ClNO2. The summed E-state index contributed by atoms with van der Waals surface area (Å²) in [5, 5.41) is 0.00523. The molecule has 4 heteroatoms. The van der Waals surface area contributed by atoms with E-state index in [9.17, 15) is 4.79 Å². The molecule has 0 bridgehead atoms. The Morgan fingerprint density at radius 3 is 3.00 bits per heavy atom. The summed E-state index contributed by atoms with van der Waals surface area (Å²) in [4.78, 5) is 12.4. The van der Waals surface area contributed by atoms with Gasteiger partial charge in [0.2, 0.25) is 0 Å². The van der Waals surface area contributed by atoms with E-state index >= 15 is 0 Å². The lowest BCUT2D eigenvalue weighted by atomic mass is 10.4. The lowest BCUT2D eigenvalue weighted by Crippen LogP contribution is -2.29. The highest BCUT2D eigenvalue weighted by Gasteiger charge is 2.22. The number of carbonyl (C=O) groups is 1. The van der Waals surface area contributed by atoms with Crippen LogP contribution in [0.2, 0.25) is 0 Å². The van der Waals surface area contributed by atoms with Gasteiger partial charge in [-0.25, -0.2) is 4.79 Å². The second kappa shape index (κ2) is 3.10. The Hall–Kier alpha value is -0.440. The SMILES string of the molecule is C[C@H](Cl)CN1CCOC1=O. The van der Waals surface area contributed by atoms with Crippen molar-refractivity contribution >= 4 is 17.7 Å². The van der Waals surface area contributed by atoms with E-state index in [0.29, 0.717) is 19.7 Å². The largest absolute Gasteiger partial charge is 0.448 e. The number of halogens is 1. The van der Waals surface area contributed by atoms with Crippen LogP contribution in [-0.4, -0.2) is 36.1 Å². The average molecular weight is 164 g/mol. The van der Waals surface area contributed by atoms with Crippen LogP contribution in [0, 0.1) is 0 Å². The van der Waals surface area contributed by atoms with Gasteiger partial charge in [-0.05, 0) is 6.92 Å². The van der Waals surface area contributed by atoms with E-state index < -0.39 is 0 Å². The van der Waals surface area contributed by atoms with Crippen molar-refractivity contribution < 1.29 is 9.53 Å². The van der Waals surface area contributed by atoms with E-state index in [4.69, 9.17) is 16.3 Å². The van der Waals surface area contributed by atoms with Gasteiger partial charge < -0.3 is 9.64 Å². The van der Waals surface area contributed by atoms with Gasteiger partial charge in [0.15, 0.2) is 0 Å². The van der Waals surface area contributed by atoms with Crippen LogP contribution in [0.3, 0.4) is 0 Å². The average Bonchev–Trinajstić information content (AvgIpc) is 2.15.